The second-order valence-corrected chi connectivity index (χ2v) is 7.84. The summed E-state index contributed by atoms with van der Waals surface area (Å²) in [7, 11) is 0. The van der Waals surface area contributed by atoms with Crippen LogP contribution in [0.5, 0.6) is 0 Å². The van der Waals surface area contributed by atoms with Gasteiger partial charge in [0.05, 0.1) is 11.4 Å². The maximum Gasteiger partial charge on any atom is 0.335 e. The maximum absolute atomic E-state index is 13.7. The van der Waals surface area contributed by atoms with Gasteiger partial charge in [0.2, 0.25) is 0 Å². The number of hydrogen-bond acceptors (Lipinski definition) is 3. The van der Waals surface area contributed by atoms with Crippen LogP contribution in [0.2, 0.25) is 0 Å². The Morgan fingerprint density at radius 2 is 1.56 bits per heavy atom. The third-order valence-electron chi connectivity index (χ3n) is 5.60. The lowest BCUT2D eigenvalue weighted by molar-refractivity contribution is -0.122. The van der Waals surface area contributed by atoms with Crippen molar-refractivity contribution in [3.8, 4) is 5.69 Å². The molecule has 1 N–H and O–H groups in total. The highest BCUT2D eigenvalue weighted by atomic mass is 19.1. The summed E-state index contributed by atoms with van der Waals surface area (Å²) in [5, 5.41) is 2.17. The van der Waals surface area contributed by atoms with Crippen molar-refractivity contribution >= 4 is 29.6 Å². The summed E-state index contributed by atoms with van der Waals surface area (Å²) in [5.41, 5.74) is 5.55. The fourth-order valence-electron chi connectivity index (χ4n) is 4.10. The van der Waals surface area contributed by atoms with Crippen molar-refractivity contribution in [1.29, 1.82) is 0 Å². The van der Waals surface area contributed by atoms with Crippen LogP contribution in [0.3, 0.4) is 0 Å². The number of amides is 4. The zero-order chi connectivity index (χ0) is 23.2. The monoisotopic (exact) mass is 431 g/mol. The fourth-order valence-corrected chi connectivity index (χ4v) is 4.10. The van der Waals surface area contributed by atoms with Gasteiger partial charge in [-0.2, -0.15) is 0 Å². The number of hydrogen-bond donors (Lipinski definition) is 1. The average molecular weight is 431 g/mol. The highest BCUT2D eigenvalue weighted by molar-refractivity contribution is 6.39. The smallest absolute Gasteiger partial charge is 0.317 e. The molecule has 0 radical (unpaired) electrons. The third-order valence-corrected chi connectivity index (χ3v) is 5.60. The van der Waals surface area contributed by atoms with Gasteiger partial charge in [-0.1, -0.05) is 24.3 Å². The predicted molar refractivity (Wildman–Crippen MR) is 120 cm³/mol. The molecule has 0 aliphatic carbocycles. The summed E-state index contributed by atoms with van der Waals surface area (Å²) in [5.74, 6) is -2.19. The van der Waals surface area contributed by atoms with Gasteiger partial charge in [0.1, 0.15) is 11.4 Å². The van der Waals surface area contributed by atoms with E-state index in [2.05, 4.69) is 9.88 Å². The SMILES string of the molecule is Cc1cccc(C)c1-n1c(C)cc(/C=C2\C(=O)NC(=O)N(c3cccc(F)c3)C2=O)c1C. The standard InChI is InChI=1S/C25H22FN3O3/c1-14-7-5-8-15(2)22(14)28-16(3)11-18(17(28)4)12-21-23(30)27-25(32)29(24(21)31)20-10-6-9-19(26)13-20/h5-13H,1-4H3,(H,27,30,32)/b21-12+. The second kappa shape index (κ2) is 7.92. The lowest BCUT2D eigenvalue weighted by Gasteiger charge is -2.26. The number of aryl methyl sites for hydroxylation is 3. The Morgan fingerprint density at radius 1 is 0.906 bits per heavy atom. The number of imide groups is 2. The van der Waals surface area contributed by atoms with Crippen molar-refractivity contribution in [1.82, 2.24) is 9.88 Å². The molecule has 0 bridgehead atoms. The Labute approximate surface area is 185 Å². The van der Waals surface area contributed by atoms with Gasteiger partial charge >= 0.3 is 6.03 Å². The van der Waals surface area contributed by atoms with Crippen molar-refractivity contribution in [3.63, 3.8) is 0 Å². The Hall–Kier alpha value is -4.00. The first-order chi connectivity index (χ1) is 15.2. The number of urea groups is 1. The number of anilines is 1. The number of carbonyl (C=O) groups is 3. The number of benzene rings is 2. The summed E-state index contributed by atoms with van der Waals surface area (Å²) in [6.07, 6.45) is 1.48. The molecule has 0 unspecified atom stereocenters. The molecule has 0 saturated carbocycles. The van der Waals surface area contributed by atoms with Crippen molar-refractivity contribution in [2.24, 2.45) is 0 Å². The van der Waals surface area contributed by atoms with E-state index in [1.165, 1.54) is 24.3 Å². The van der Waals surface area contributed by atoms with Gasteiger partial charge < -0.3 is 4.57 Å². The molecule has 6 nitrogen and oxygen atoms in total. The van der Waals surface area contributed by atoms with E-state index >= 15 is 0 Å². The molecule has 0 atom stereocenters. The van der Waals surface area contributed by atoms with E-state index < -0.39 is 23.7 Å². The highest BCUT2D eigenvalue weighted by Crippen LogP contribution is 2.28. The quantitative estimate of drug-likeness (QED) is 0.490. The lowest BCUT2D eigenvalue weighted by Crippen LogP contribution is -2.54. The van der Waals surface area contributed by atoms with E-state index in [4.69, 9.17) is 0 Å². The fraction of sp³-hybridized carbons (Fsp3) is 0.160. The molecule has 1 aliphatic rings. The normalized spacial score (nSPS) is 15.5. The number of nitrogens with zero attached hydrogens (tertiary/aromatic N) is 2. The summed E-state index contributed by atoms with van der Waals surface area (Å²) in [4.78, 5) is 38.7. The molecule has 1 fully saturated rings. The molecule has 0 spiro atoms. The largest absolute Gasteiger partial charge is 0.335 e. The van der Waals surface area contributed by atoms with Crippen LogP contribution in [0.1, 0.15) is 28.1 Å². The van der Waals surface area contributed by atoms with E-state index in [0.717, 1.165) is 39.2 Å². The number of halogens is 1. The van der Waals surface area contributed by atoms with Gasteiger partial charge in [0.25, 0.3) is 11.8 Å². The molecule has 32 heavy (non-hydrogen) atoms. The van der Waals surface area contributed by atoms with Crippen LogP contribution in [0.25, 0.3) is 11.8 Å². The van der Waals surface area contributed by atoms with E-state index in [0.29, 0.717) is 5.56 Å². The van der Waals surface area contributed by atoms with E-state index in [9.17, 15) is 18.8 Å². The van der Waals surface area contributed by atoms with E-state index in [-0.39, 0.29) is 11.3 Å². The summed E-state index contributed by atoms with van der Waals surface area (Å²) in [6, 6.07) is 12.1. The van der Waals surface area contributed by atoms with Crippen molar-refractivity contribution in [2.75, 3.05) is 4.90 Å². The van der Waals surface area contributed by atoms with Crippen LogP contribution in [0.15, 0.2) is 54.1 Å². The zero-order valence-corrected chi connectivity index (χ0v) is 18.2. The van der Waals surface area contributed by atoms with Crippen LogP contribution < -0.4 is 10.2 Å². The van der Waals surface area contributed by atoms with Crippen molar-refractivity contribution in [3.05, 3.63) is 88.0 Å². The minimum Gasteiger partial charge on any atom is -0.317 e. The number of rotatable bonds is 3. The molecule has 3 aromatic rings. The lowest BCUT2D eigenvalue weighted by atomic mass is 10.1. The van der Waals surface area contributed by atoms with Crippen molar-refractivity contribution in [2.45, 2.75) is 27.7 Å². The highest BCUT2D eigenvalue weighted by Gasteiger charge is 2.37. The molecule has 4 rings (SSSR count). The predicted octanol–water partition coefficient (Wildman–Crippen LogP) is 4.52. The molecule has 2 heterocycles. The minimum absolute atomic E-state index is 0.0481. The number of para-hydroxylation sites is 1. The summed E-state index contributed by atoms with van der Waals surface area (Å²) < 4.78 is 15.8. The van der Waals surface area contributed by atoms with Crippen molar-refractivity contribution < 1.29 is 18.8 Å². The summed E-state index contributed by atoms with van der Waals surface area (Å²) >= 11 is 0. The van der Waals surface area contributed by atoms with Gasteiger partial charge in [-0.3, -0.25) is 14.9 Å². The molecule has 162 valence electrons. The number of carbonyl (C=O) groups excluding carboxylic acids is 3. The Morgan fingerprint density at radius 3 is 2.22 bits per heavy atom. The Kier molecular flexibility index (Phi) is 5.26. The van der Waals surface area contributed by atoms with Gasteiger partial charge in [0.15, 0.2) is 0 Å². The van der Waals surface area contributed by atoms with Crippen LogP contribution in [-0.2, 0) is 9.59 Å². The van der Waals surface area contributed by atoms with Gasteiger partial charge in [-0.05, 0) is 74.7 Å². The Bertz CT molecular complexity index is 1300. The minimum atomic E-state index is -0.913. The molecule has 1 aromatic heterocycles. The molecule has 1 saturated heterocycles. The third kappa shape index (κ3) is 3.51. The van der Waals surface area contributed by atoms with Gasteiger partial charge in [-0.15, -0.1) is 0 Å². The van der Waals surface area contributed by atoms with Crippen LogP contribution in [0, 0.1) is 33.5 Å². The topological polar surface area (TPSA) is 71.4 Å². The van der Waals surface area contributed by atoms with Crippen LogP contribution in [0.4, 0.5) is 14.9 Å². The first-order valence-electron chi connectivity index (χ1n) is 10.1. The number of nitrogens with one attached hydrogen (secondary N) is 1. The first kappa shape index (κ1) is 21.2. The van der Waals surface area contributed by atoms with E-state index in [1.54, 1.807) is 0 Å². The molecule has 1 aliphatic heterocycles. The van der Waals surface area contributed by atoms with Gasteiger partial charge in [0, 0.05) is 11.4 Å². The average Bonchev–Trinajstić information content (AvgIpc) is 2.99. The molecule has 4 amide bonds. The van der Waals surface area contributed by atoms with Crippen LogP contribution in [-0.4, -0.2) is 22.4 Å². The second-order valence-electron chi connectivity index (χ2n) is 7.84. The molecular weight excluding hydrogens is 409 g/mol. The van der Waals surface area contributed by atoms with E-state index in [1.807, 2.05) is 52.0 Å². The zero-order valence-electron chi connectivity index (χ0n) is 18.2. The maximum atomic E-state index is 13.7. The Balaban J connectivity index is 1.81. The number of barbiturate groups is 1. The first-order valence-corrected chi connectivity index (χ1v) is 10.1. The van der Waals surface area contributed by atoms with Gasteiger partial charge in [-0.25, -0.2) is 14.1 Å². The molecule has 7 heteroatoms. The molecule has 2 aromatic carbocycles. The van der Waals surface area contributed by atoms with Crippen LogP contribution >= 0.6 is 0 Å². The molecular formula is C25H22FN3O3. The number of aromatic nitrogens is 1. The summed E-state index contributed by atoms with van der Waals surface area (Å²) in [6.45, 7) is 7.91.